The number of ether oxygens (including phenoxy) is 1. The zero-order valence-corrected chi connectivity index (χ0v) is 12.2. The summed E-state index contributed by atoms with van der Waals surface area (Å²) in [6, 6.07) is 5.16. The molecule has 20 heavy (non-hydrogen) atoms. The minimum Gasteiger partial charge on any atom is -0.461 e. The molecular weight excluding hydrogens is 276 g/mol. The van der Waals surface area contributed by atoms with Crippen LogP contribution in [0.3, 0.4) is 0 Å². The summed E-state index contributed by atoms with van der Waals surface area (Å²) in [6.45, 7) is 3.86. The fourth-order valence-electron chi connectivity index (χ4n) is 1.89. The van der Waals surface area contributed by atoms with Gasteiger partial charge in [-0.15, -0.1) is 0 Å². The number of hydrogen-bond donors (Lipinski definition) is 1. The molecule has 0 amide bonds. The molecule has 1 heterocycles. The van der Waals surface area contributed by atoms with Crippen molar-refractivity contribution in [1.82, 2.24) is 9.55 Å². The number of imidazole rings is 1. The summed E-state index contributed by atoms with van der Waals surface area (Å²) >= 11 is 5.20. The van der Waals surface area contributed by atoms with Crippen LogP contribution < -0.4 is 0 Å². The van der Waals surface area contributed by atoms with Crippen molar-refractivity contribution in [3.63, 3.8) is 0 Å². The van der Waals surface area contributed by atoms with Crippen LogP contribution >= 0.6 is 12.2 Å². The average Bonchev–Trinajstić information content (AvgIpc) is 2.73. The lowest BCUT2D eigenvalue weighted by atomic mass is 10.2. The number of H-pyrrole nitrogens is 1. The van der Waals surface area contributed by atoms with Crippen molar-refractivity contribution in [2.24, 2.45) is 0 Å². The fraction of sp³-hybridized carbons (Fsp3) is 0.357. The summed E-state index contributed by atoms with van der Waals surface area (Å²) in [6.07, 6.45) is 1.43. The number of nitrogens with one attached hydrogen (secondary N) is 1. The number of esters is 1. The van der Waals surface area contributed by atoms with E-state index in [1.54, 1.807) is 22.8 Å². The molecule has 1 N–H and O–H groups in total. The molecule has 6 heteroatoms. The second-order valence-corrected chi connectivity index (χ2v) is 5.01. The van der Waals surface area contributed by atoms with E-state index in [2.05, 4.69) is 4.98 Å². The lowest BCUT2D eigenvalue weighted by molar-refractivity contribution is -0.149. The van der Waals surface area contributed by atoms with Crippen LogP contribution in [-0.2, 0) is 16.1 Å². The number of aromatic nitrogens is 2. The normalized spacial score (nSPS) is 12.3. The van der Waals surface area contributed by atoms with E-state index in [-0.39, 0.29) is 18.6 Å². The molecule has 0 aliphatic heterocycles. The second kappa shape index (κ2) is 6.00. The number of rotatable bonds is 5. The van der Waals surface area contributed by atoms with E-state index < -0.39 is 0 Å². The molecule has 1 atom stereocenters. The predicted octanol–water partition coefficient (Wildman–Crippen LogP) is 2.85. The van der Waals surface area contributed by atoms with Gasteiger partial charge in [0.25, 0.3) is 0 Å². The van der Waals surface area contributed by atoms with E-state index in [9.17, 15) is 9.59 Å². The molecule has 1 aromatic carbocycles. The molecule has 2 aromatic rings. The number of fused-ring (bicyclic) bond motifs is 1. The predicted molar refractivity (Wildman–Crippen MR) is 78.4 cm³/mol. The van der Waals surface area contributed by atoms with Crippen LogP contribution in [0.5, 0.6) is 0 Å². The van der Waals surface area contributed by atoms with Crippen molar-refractivity contribution in [1.29, 1.82) is 0 Å². The second-order valence-electron chi connectivity index (χ2n) is 4.62. The molecule has 0 saturated carbocycles. The highest BCUT2D eigenvalue weighted by Crippen LogP contribution is 2.16. The molecule has 0 spiro atoms. The highest BCUT2D eigenvalue weighted by Gasteiger charge is 2.12. The standard InChI is InChI=1S/C14H16N2O3S/c1-3-9(2)19-13(18)7-16-12-5-4-10(8-17)6-11(12)15-14(16)20/h4-6,8-9H,3,7H2,1-2H3,(H,15,20). The molecular formula is C14H16N2O3S. The van der Waals surface area contributed by atoms with Crippen LogP contribution in [0.1, 0.15) is 30.6 Å². The quantitative estimate of drug-likeness (QED) is 0.523. The van der Waals surface area contributed by atoms with E-state index >= 15 is 0 Å². The number of benzene rings is 1. The number of aldehydes is 1. The summed E-state index contributed by atoms with van der Waals surface area (Å²) in [7, 11) is 0. The van der Waals surface area contributed by atoms with Gasteiger partial charge in [-0.1, -0.05) is 6.92 Å². The Morgan fingerprint density at radius 1 is 1.55 bits per heavy atom. The first-order valence-corrected chi connectivity index (χ1v) is 6.83. The Morgan fingerprint density at radius 3 is 2.95 bits per heavy atom. The summed E-state index contributed by atoms with van der Waals surface area (Å²) in [5, 5.41) is 0. The molecule has 0 radical (unpaired) electrons. The van der Waals surface area contributed by atoms with Crippen LogP contribution in [0.25, 0.3) is 11.0 Å². The monoisotopic (exact) mass is 292 g/mol. The van der Waals surface area contributed by atoms with Gasteiger partial charge < -0.3 is 14.3 Å². The van der Waals surface area contributed by atoms with E-state index in [0.29, 0.717) is 10.3 Å². The van der Waals surface area contributed by atoms with E-state index in [0.717, 1.165) is 23.7 Å². The van der Waals surface area contributed by atoms with E-state index in [1.165, 1.54) is 0 Å². The third-order valence-electron chi connectivity index (χ3n) is 3.13. The van der Waals surface area contributed by atoms with Crippen molar-refractivity contribution in [3.8, 4) is 0 Å². The first kappa shape index (κ1) is 14.5. The Bertz CT molecular complexity index is 702. The van der Waals surface area contributed by atoms with Crippen molar-refractivity contribution >= 4 is 35.5 Å². The maximum Gasteiger partial charge on any atom is 0.326 e. The molecule has 2 rings (SSSR count). The van der Waals surface area contributed by atoms with E-state index in [4.69, 9.17) is 17.0 Å². The number of aromatic amines is 1. The summed E-state index contributed by atoms with van der Waals surface area (Å²) in [4.78, 5) is 25.6. The van der Waals surface area contributed by atoms with Gasteiger partial charge >= 0.3 is 5.97 Å². The Morgan fingerprint density at radius 2 is 2.30 bits per heavy atom. The van der Waals surface area contributed by atoms with Crippen LogP contribution in [0.2, 0.25) is 0 Å². The van der Waals surface area contributed by atoms with Crippen LogP contribution in [0.4, 0.5) is 0 Å². The van der Waals surface area contributed by atoms with Gasteiger partial charge in [0.15, 0.2) is 4.77 Å². The Balaban J connectivity index is 2.30. The number of carbonyl (C=O) groups is 2. The summed E-state index contributed by atoms with van der Waals surface area (Å²) in [5.74, 6) is -0.323. The van der Waals surface area contributed by atoms with Crippen molar-refractivity contribution in [2.45, 2.75) is 32.9 Å². The molecule has 1 unspecified atom stereocenters. The van der Waals surface area contributed by atoms with Crippen LogP contribution in [-0.4, -0.2) is 27.9 Å². The smallest absolute Gasteiger partial charge is 0.326 e. The molecule has 0 bridgehead atoms. The van der Waals surface area contributed by atoms with Crippen molar-refractivity contribution in [3.05, 3.63) is 28.5 Å². The third-order valence-corrected chi connectivity index (χ3v) is 3.45. The molecule has 106 valence electrons. The van der Waals surface area contributed by atoms with Gasteiger partial charge in [-0.05, 0) is 43.8 Å². The van der Waals surface area contributed by atoms with E-state index in [1.807, 2.05) is 13.8 Å². The molecule has 1 aromatic heterocycles. The lowest BCUT2D eigenvalue weighted by Gasteiger charge is -2.11. The summed E-state index contributed by atoms with van der Waals surface area (Å²) < 4.78 is 7.35. The summed E-state index contributed by atoms with van der Waals surface area (Å²) in [5.41, 5.74) is 2.07. The maximum atomic E-state index is 11.8. The van der Waals surface area contributed by atoms with Crippen LogP contribution in [0.15, 0.2) is 18.2 Å². The van der Waals surface area contributed by atoms with Gasteiger partial charge in [0, 0.05) is 5.56 Å². The molecule has 0 aliphatic rings. The van der Waals surface area contributed by atoms with Gasteiger partial charge in [-0.2, -0.15) is 0 Å². The third kappa shape index (κ3) is 2.96. The van der Waals surface area contributed by atoms with Gasteiger partial charge in [-0.25, -0.2) is 0 Å². The molecule has 0 saturated heterocycles. The Kier molecular flexibility index (Phi) is 4.34. The van der Waals surface area contributed by atoms with Crippen LogP contribution in [0, 0.1) is 4.77 Å². The largest absolute Gasteiger partial charge is 0.461 e. The molecule has 5 nitrogen and oxygen atoms in total. The fourth-order valence-corrected chi connectivity index (χ4v) is 2.16. The number of nitrogens with zero attached hydrogens (tertiary/aromatic N) is 1. The van der Waals surface area contributed by atoms with Gasteiger partial charge in [0.2, 0.25) is 0 Å². The topological polar surface area (TPSA) is 64.1 Å². The zero-order valence-electron chi connectivity index (χ0n) is 11.4. The van der Waals surface area contributed by atoms with Gasteiger partial charge in [-0.3, -0.25) is 9.59 Å². The average molecular weight is 292 g/mol. The Labute approximate surface area is 121 Å². The number of carbonyl (C=O) groups excluding carboxylic acids is 2. The van der Waals surface area contributed by atoms with Crippen molar-refractivity contribution < 1.29 is 14.3 Å². The first-order valence-electron chi connectivity index (χ1n) is 6.42. The maximum absolute atomic E-state index is 11.8. The SMILES string of the molecule is CCC(C)OC(=O)Cn1c(=S)[nH]c2cc(C=O)ccc21. The minimum atomic E-state index is -0.323. The Hall–Kier alpha value is -1.95. The van der Waals surface area contributed by atoms with Gasteiger partial charge in [0.05, 0.1) is 17.1 Å². The number of hydrogen-bond acceptors (Lipinski definition) is 4. The highest BCUT2D eigenvalue weighted by molar-refractivity contribution is 7.71. The highest BCUT2D eigenvalue weighted by atomic mass is 32.1. The molecule has 0 aliphatic carbocycles. The van der Waals surface area contributed by atoms with Gasteiger partial charge in [0.1, 0.15) is 12.8 Å². The zero-order chi connectivity index (χ0) is 14.7. The minimum absolute atomic E-state index is 0.0591. The lowest BCUT2D eigenvalue weighted by Crippen LogP contribution is -2.19. The molecule has 0 fully saturated rings. The first-order chi connectivity index (χ1) is 9.55. The van der Waals surface area contributed by atoms with Crippen molar-refractivity contribution in [2.75, 3.05) is 0 Å².